The molecule has 0 atom stereocenters. The molecule has 0 fully saturated rings. The first-order valence-corrected chi connectivity index (χ1v) is 10.6. The van der Waals surface area contributed by atoms with E-state index >= 15 is 0 Å². The molecule has 2 aromatic rings. The van der Waals surface area contributed by atoms with Crippen LogP contribution in [0.4, 0.5) is 5.69 Å². The van der Waals surface area contributed by atoms with Gasteiger partial charge in [-0.3, -0.25) is 9.59 Å². The third kappa shape index (κ3) is 5.38. The van der Waals surface area contributed by atoms with E-state index < -0.39 is 15.9 Å². The van der Waals surface area contributed by atoms with Crippen molar-refractivity contribution in [3.63, 3.8) is 0 Å². The highest BCUT2D eigenvalue weighted by molar-refractivity contribution is 7.91. The fourth-order valence-electron chi connectivity index (χ4n) is 2.65. The smallest absolute Gasteiger partial charge is 0.252 e. The number of benzene rings is 1. The van der Waals surface area contributed by atoms with E-state index in [2.05, 4.69) is 10.6 Å². The number of hydrogen-bond donors (Lipinski definition) is 2. The Labute approximate surface area is 163 Å². The summed E-state index contributed by atoms with van der Waals surface area (Å²) in [5, 5.41) is 6.88. The Kier molecular flexibility index (Phi) is 6.74. The fraction of sp³-hybridized carbons (Fsp3) is 0.333. The van der Waals surface area contributed by atoms with Crippen LogP contribution in [0.2, 0.25) is 0 Å². The van der Waals surface area contributed by atoms with Crippen LogP contribution >= 0.6 is 11.3 Å². The molecule has 146 valence electrons. The zero-order chi connectivity index (χ0) is 20.2. The van der Waals surface area contributed by atoms with Gasteiger partial charge in [-0.1, -0.05) is 23.8 Å². The predicted molar refractivity (Wildman–Crippen MR) is 106 cm³/mol. The summed E-state index contributed by atoms with van der Waals surface area (Å²) in [6.07, 6.45) is 0. The second-order valence-electron chi connectivity index (χ2n) is 6.29. The third-order valence-electron chi connectivity index (χ3n) is 3.91. The van der Waals surface area contributed by atoms with Crippen LogP contribution in [0.5, 0.6) is 0 Å². The maximum absolute atomic E-state index is 12.3. The number of sulfonamides is 1. The van der Waals surface area contributed by atoms with E-state index in [1.54, 1.807) is 11.4 Å². The number of nitrogens with zero attached hydrogens (tertiary/aromatic N) is 1. The first-order valence-electron chi connectivity index (χ1n) is 8.25. The fourth-order valence-corrected chi connectivity index (χ4v) is 4.97. The number of hydrogen-bond acceptors (Lipinski definition) is 5. The maximum Gasteiger partial charge on any atom is 0.252 e. The maximum atomic E-state index is 12.3. The molecule has 0 unspecified atom stereocenters. The van der Waals surface area contributed by atoms with Gasteiger partial charge in [-0.25, -0.2) is 8.42 Å². The van der Waals surface area contributed by atoms with E-state index in [0.29, 0.717) is 0 Å². The molecule has 0 saturated carbocycles. The van der Waals surface area contributed by atoms with Crippen molar-refractivity contribution in [2.24, 2.45) is 0 Å². The van der Waals surface area contributed by atoms with Gasteiger partial charge in [0.1, 0.15) is 4.21 Å². The van der Waals surface area contributed by atoms with Crippen molar-refractivity contribution >= 4 is 38.9 Å². The Hall–Kier alpha value is -2.23. The number of carbonyl (C=O) groups is 2. The van der Waals surface area contributed by atoms with Crippen molar-refractivity contribution in [1.29, 1.82) is 0 Å². The molecule has 27 heavy (non-hydrogen) atoms. The highest BCUT2D eigenvalue weighted by Gasteiger charge is 2.23. The first-order chi connectivity index (χ1) is 12.6. The van der Waals surface area contributed by atoms with Crippen molar-refractivity contribution < 1.29 is 18.0 Å². The highest BCUT2D eigenvalue weighted by Crippen LogP contribution is 2.22. The van der Waals surface area contributed by atoms with E-state index in [0.717, 1.165) is 38.0 Å². The number of amides is 2. The van der Waals surface area contributed by atoms with Crippen LogP contribution in [-0.4, -0.2) is 44.7 Å². The Morgan fingerprint density at radius 2 is 1.74 bits per heavy atom. The van der Waals surface area contributed by atoms with Crippen molar-refractivity contribution in [3.8, 4) is 0 Å². The Morgan fingerprint density at radius 3 is 2.30 bits per heavy atom. The van der Waals surface area contributed by atoms with Crippen LogP contribution < -0.4 is 10.6 Å². The van der Waals surface area contributed by atoms with Gasteiger partial charge < -0.3 is 10.6 Å². The molecule has 9 heteroatoms. The summed E-state index contributed by atoms with van der Waals surface area (Å²) >= 11 is 1.08. The quantitative estimate of drug-likeness (QED) is 0.732. The van der Waals surface area contributed by atoms with Gasteiger partial charge in [-0.05, 0) is 43.3 Å². The van der Waals surface area contributed by atoms with E-state index in [4.69, 9.17) is 0 Å². The molecule has 0 aliphatic heterocycles. The van der Waals surface area contributed by atoms with E-state index in [1.165, 1.54) is 13.1 Å². The summed E-state index contributed by atoms with van der Waals surface area (Å²) in [6.45, 7) is 5.18. The van der Waals surface area contributed by atoms with Gasteiger partial charge in [0.2, 0.25) is 11.8 Å². The number of thiophene rings is 1. The molecule has 2 rings (SSSR count). The molecule has 0 aliphatic carbocycles. The third-order valence-corrected chi connectivity index (χ3v) is 7.09. The Morgan fingerprint density at radius 1 is 1.11 bits per heavy atom. The number of aryl methyl sites for hydroxylation is 3. The van der Waals surface area contributed by atoms with Gasteiger partial charge in [0, 0.05) is 12.7 Å². The molecule has 1 aromatic carbocycles. The summed E-state index contributed by atoms with van der Waals surface area (Å²) in [7, 11) is -2.38. The van der Waals surface area contributed by atoms with Crippen LogP contribution in [0.25, 0.3) is 0 Å². The zero-order valence-electron chi connectivity index (χ0n) is 15.7. The van der Waals surface area contributed by atoms with E-state index in [9.17, 15) is 18.0 Å². The molecular weight excluding hydrogens is 386 g/mol. The van der Waals surface area contributed by atoms with Gasteiger partial charge >= 0.3 is 0 Å². The minimum atomic E-state index is -3.70. The van der Waals surface area contributed by atoms with Crippen LogP contribution in [-0.2, 0) is 19.6 Å². The topological polar surface area (TPSA) is 95.6 Å². The predicted octanol–water partition coefficient (Wildman–Crippen LogP) is 2.05. The lowest BCUT2D eigenvalue weighted by molar-refractivity contribution is -0.124. The van der Waals surface area contributed by atoms with Crippen molar-refractivity contribution in [2.45, 2.75) is 25.0 Å². The van der Waals surface area contributed by atoms with Gasteiger partial charge in [0.25, 0.3) is 10.0 Å². The molecule has 0 spiro atoms. The van der Waals surface area contributed by atoms with Crippen molar-refractivity contribution in [3.05, 3.63) is 46.3 Å². The lowest BCUT2D eigenvalue weighted by Crippen LogP contribution is -2.41. The summed E-state index contributed by atoms with van der Waals surface area (Å²) in [5.41, 5.74) is 3.70. The normalized spacial score (nSPS) is 11.4. The largest absolute Gasteiger partial charge is 0.346 e. The lowest BCUT2D eigenvalue weighted by Gasteiger charge is -2.16. The lowest BCUT2D eigenvalue weighted by atomic mass is 10.1. The average Bonchev–Trinajstić information content (AvgIpc) is 3.11. The van der Waals surface area contributed by atoms with Gasteiger partial charge in [-0.2, -0.15) is 4.31 Å². The molecule has 2 amide bonds. The molecule has 0 saturated heterocycles. The molecular formula is C18H23N3O4S2. The van der Waals surface area contributed by atoms with Crippen LogP contribution in [0.3, 0.4) is 0 Å². The minimum Gasteiger partial charge on any atom is -0.346 e. The summed E-state index contributed by atoms with van der Waals surface area (Å²) in [5.74, 6) is -0.924. The Bertz CT molecular complexity index is 915. The molecule has 7 nitrogen and oxygen atoms in total. The zero-order valence-corrected chi connectivity index (χ0v) is 17.3. The molecule has 0 radical (unpaired) electrons. The molecule has 0 aliphatic rings. The summed E-state index contributed by atoms with van der Waals surface area (Å²) in [6, 6.07) is 7.04. The van der Waals surface area contributed by atoms with Crippen LogP contribution in [0.15, 0.2) is 33.9 Å². The second kappa shape index (κ2) is 8.64. The number of carbonyl (C=O) groups excluding carboxylic acids is 2. The Balaban J connectivity index is 1.89. The van der Waals surface area contributed by atoms with Gasteiger partial charge in [-0.15, -0.1) is 11.3 Å². The summed E-state index contributed by atoms with van der Waals surface area (Å²) < 4.78 is 25.7. The average molecular weight is 410 g/mol. The summed E-state index contributed by atoms with van der Waals surface area (Å²) in [4.78, 5) is 24.1. The van der Waals surface area contributed by atoms with Crippen LogP contribution in [0.1, 0.15) is 16.7 Å². The number of nitrogens with one attached hydrogen (secondary N) is 2. The minimum absolute atomic E-state index is 0.167. The van der Waals surface area contributed by atoms with Gasteiger partial charge in [0.15, 0.2) is 0 Å². The molecule has 1 aromatic heterocycles. The van der Waals surface area contributed by atoms with Crippen molar-refractivity contribution in [2.75, 3.05) is 25.5 Å². The number of anilines is 1. The SMILES string of the molecule is Cc1cc(C)c(NC(=O)CNC(=O)CN(C)S(=O)(=O)c2cccs2)c(C)c1. The van der Waals surface area contributed by atoms with Crippen molar-refractivity contribution in [1.82, 2.24) is 9.62 Å². The highest BCUT2D eigenvalue weighted by atomic mass is 32.2. The first kappa shape index (κ1) is 21.1. The molecule has 1 heterocycles. The van der Waals surface area contributed by atoms with Crippen LogP contribution in [0, 0.1) is 20.8 Å². The second-order valence-corrected chi connectivity index (χ2v) is 9.51. The molecule has 0 bridgehead atoms. The molecule has 2 N–H and O–H groups in total. The van der Waals surface area contributed by atoms with E-state index in [1.807, 2.05) is 32.9 Å². The standard InChI is InChI=1S/C18H23N3O4S2/c1-12-8-13(2)18(14(3)9-12)20-15(22)10-19-16(23)11-21(4)27(24,25)17-6-5-7-26-17/h5-9H,10-11H2,1-4H3,(H,19,23)(H,20,22). The monoisotopic (exact) mass is 409 g/mol. The number of rotatable bonds is 7. The van der Waals surface area contributed by atoms with Gasteiger partial charge in [0.05, 0.1) is 13.1 Å². The number of likely N-dealkylation sites (N-methyl/N-ethyl adjacent to an activating group) is 1. The van der Waals surface area contributed by atoms with E-state index in [-0.39, 0.29) is 23.2 Å².